The molecule has 156 valence electrons. The van der Waals surface area contributed by atoms with E-state index in [0.29, 0.717) is 34.2 Å². The number of hydrogen-bond donors (Lipinski definition) is 1. The maximum Gasteiger partial charge on any atom is 0.282 e. The fourth-order valence-corrected chi connectivity index (χ4v) is 3.60. The first kappa shape index (κ1) is 20.7. The van der Waals surface area contributed by atoms with Crippen LogP contribution in [0.15, 0.2) is 78.5 Å². The standard InChI is InChI=1S/C25H21ClN2O3/c1-3-31-20-14-8-17(9-15-20)22-23(27-21-7-5-4-6-16(21)2)25(30)28(24(22)29)19-12-10-18(26)11-13-19/h4-15,27H,3H2,1-2H3. The van der Waals surface area contributed by atoms with Gasteiger partial charge in [-0.15, -0.1) is 0 Å². The summed E-state index contributed by atoms with van der Waals surface area (Å²) in [7, 11) is 0. The lowest BCUT2D eigenvalue weighted by Crippen LogP contribution is -2.32. The van der Waals surface area contributed by atoms with E-state index in [4.69, 9.17) is 16.3 Å². The second-order valence-corrected chi connectivity index (χ2v) is 7.51. The van der Waals surface area contributed by atoms with Gasteiger partial charge < -0.3 is 10.1 Å². The van der Waals surface area contributed by atoms with E-state index in [9.17, 15) is 9.59 Å². The van der Waals surface area contributed by atoms with Gasteiger partial charge in [0.2, 0.25) is 0 Å². The third-order valence-electron chi connectivity index (χ3n) is 5.03. The number of carbonyl (C=O) groups is 2. The normalized spacial score (nSPS) is 13.7. The molecule has 6 heteroatoms. The van der Waals surface area contributed by atoms with Gasteiger partial charge in [-0.1, -0.05) is 41.9 Å². The third kappa shape index (κ3) is 4.05. The molecule has 31 heavy (non-hydrogen) atoms. The predicted octanol–water partition coefficient (Wildman–Crippen LogP) is 5.44. The molecular formula is C25H21ClN2O3. The molecule has 1 heterocycles. The first-order chi connectivity index (χ1) is 15.0. The Bertz CT molecular complexity index is 1170. The van der Waals surface area contributed by atoms with Gasteiger partial charge in [0.25, 0.3) is 11.8 Å². The highest BCUT2D eigenvalue weighted by Gasteiger charge is 2.40. The third-order valence-corrected chi connectivity index (χ3v) is 5.28. The van der Waals surface area contributed by atoms with Gasteiger partial charge in [-0.05, 0) is 67.4 Å². The van der Waals surface area contributed by atoms with E-state index in [1.165, 1.54) is 4.90 Å². The van der Waals surface area contributed by atoms with E-state index in [2.05, 4.69) is 5.32 Å². The first-order valence-corrected chi connectivity index (χ1v) is 10.3. The number of para-hydroxylation sites is 1. The Morgan fingerprint density at radius 3 is 2.23 bits per heavy atom. The van der Waals surface area contributed by atoms with Gasteiger partial charge in [0.1, 0.15) is 11.4 Å². The fraction of sp³-hybridized carbons (Fsp3) is 0.120. The lowest BCUT2D eigenvalue weighted by Gasteiger charge is -2.15. The highest BCUT2D eigenvalue weighted by Crippen LogP contribution is 2.35. The molecule has 1 aliphatic rings. The number of imide groups is 1. The number of amides is 2. The minimum Gasteiger partial charge on any atom is -0.494 e. The minimum absolute atomic E-state index is 0.235. The predicted molar refractivity (Wildman–Crippen MR) is 123 cm³/mol. The zero-order valence-corrected chi connectivity index (χ0v) is 17.9. The molecule has 0 aromatic heterocycles. The maximum absolute atomic E-state index is 13.4. The molecule has 0 saturated heterocycles. The number of ether oxygens (including phenoxy) is 1. The van der Waals surface area contributed by atoms with Crippen LogP contribution < -0.4 is 15.0 Å². The molecule has 0 aliphatic carbocycles. The van der Waals surface area contributed by atoms with Crippen LogP contribution in [0.1, 0.15) is 18.1 Å². The van der Waals surface area contributed by atoms with Crippen molar-refractivity contribution in [2.24, 2.45) is 0 Å². The van der Waals surface area contributed by atoms with Gasteiger partial charge in [0.15, 0.2) is 0 Å². The number of benzene rings is 3. The van der Waals surface area contributed by atoms with Crippen LogP contribution in [0.25, 0.3) is 5.57 Å². The highest BCUT2D eigenvalue weighted by atomic mass is 35.5. The lowest BCUT2D eigenvalue weighted by molar-refractivity contribution is -0.120. The first-order valence-electron chi connectivity index (χ1n) is 9.94. The van der Waals surface area contributed by atoms with E-state index in [-0.39, 0.29) is 5.70 Å². The molecule has 0 unspecified atom stereocenters. The molecule has 5 nitrogen and oxygen atoms in total. The smallest absolute Gasteiger partial charge is 0.282 e. The Morgan fingerprint density at radius 2 is 1.58 bits per heavy atom. The van der Waals surface area contributed by atoms with Crippen molar-refractivity contribution in [1.29, 1.82) is 0 Å². The molecule has 4 rings (SSSR count). The zero-order chi connectivity index (χ0) is 22.0. The quantitative estimate of drug-likeness (QED) is 0.526. The number of halogens is 1. The summed E-state index contributed by atoms with van der Waals surface area (Å²) in [4.78, 5) is 28.0. The summed E-state index contributed by atoms with van der Waals surface area (Å²) in [5, 5.41) is 3.73. The van der Waals surface area contributed by atoms with Crippen LogP contribution >= 0.6 is 11.6 Å². The van der Waals surface area contributed by atoms with Crippen molar-refractivity contribution >= 4 is 40.4 Å². The van der Waals surface area contributed by atoms with Gasteiger partial charge in [-0.25, -0.2) is 4.90 Å². The van der Waals surface area contributed by atoms with Gasteiger partial charge in [-0.3, -0.25) is 9.59 Å². The molecule has 0 spiro atoms. The van der Waals surface area contributed by atoms with Crippen molar-refractivity contribution in [3.8, 4) is 5.75 Å². The van der Waals surface area contributed by atoms with Crippen LogP contribution in [-0.2, 0) is 9.59 Å². The molecule has 0 bridgehead atoms. The van der Waals surface area contributed by atoms with E-state index < -0.39 is 11.8 Å². The summed E-state index contributed by atoms with van der Waals surface area (Å²) in [5.41, 5.74) is 3.37. The van der Waals surface area contributed by atoms with Crippen LogP contribution in [-0.4, -0.2) is 18.4 Å². The summed E-state index contributed by atoms with van der Waals surface area (Å²) in [6, 6.07) is 21.4. The molecule has 3 aromatic carbocycles. The van der Waals surface area contributed by atoms with Crippen molar-refractivity contribution in [3.05, 3.63) is 94.6 Å². The molecule has 0 saturated carbocycles. The Balaban J connectivity index is 1.80. The number of nitrogens with one attached hydrogen (secondary N) is 1. The monoisotopic (exact) mass is 432 g/mol. The topological polar surface area (TPSA) is 58.6 Å². The number of aryl methyl sites for hydroxylation is 1. The van der Waals surface area contributed by atoms with Crippen LogP contribution in [0.5, 0.6) is 5.75 Å². The van der Waals surface area contributed by atoms with Crippen molar-refractivity contribution in [3.63, 3.8) is 0 Å². The van der Waals surface area contributed by atoms with Gasteiger partial charge in [-0.2, -0.15) is 0 Å². The number of hydrogen-bond acceptors (Lipinski definition) is 4. The van der Waals surface area contributed by atoms with Crippen LogP contribution in [0, 0.1) is 6.92 Å². The minimum atomic E-state index is -0.417. The SMILES string of the molecule is CCOc1ccc(C2=C(Nc3ccccc3C)C(=O)N(c3ccc(Cl)cc3)C2=O)cc1. The van der Waals surface area contributed by atoms with Crippen LogP contribution in [0.2, 0.25) is 5.02 Å². The van der Waals surface area contributed by atoms with E-state index in [1.54, 1.807) is 48.5 Å². The lowest BCUT2D eigenvalue weighted by atomic mass is 10.0. The van der Waals surface area contributed by atoms with Crippen LogP contribution in [0.4, 0.5) is 11.4 Å². The summed E-state index contributed by atoms with van der Waals surface area (Å²) >= 11 is 5.99. The summed E-state index contributed by atoms with van der Waals surface area (Å²) in [6.07, 6.45) is 0. The molecule has 0 fully saturated rings. The van der Waals surface area contributed by atoms with E-state index >= 15 is 0 Å². The number of carbonyl (C=O) groups excluding carboxylic acids is 2. The Labute approximate surface area is 185 Å². The van der Waals surface area contributed by atoms with Crippen molar-refractivity contribution in [1.82, 2.24) is 0 Å². The average Bonchev–Trinajstić information content (AvgIpc) is 3.01. The Kier molecular flexibility index (Phi) is 5.78. The molecule has 1 aliphatic heterocycles. The zero-order valence-electron chi connectivity index (χ0n) is 17.2. The maximum atomic E-state index is 13.4. The van der Waals surface area contributed by atoms with Crippen LogP contribution in [0.3, 0.4) is 0 Å². The van der Waals surface area contributed by atoms with E-state index in [0.717, 1.165) is 11.3 Å². The molecule has 3 aromatic rings. The molecule has 0 radical (unpaired) electrons. The Hall–Kier alpha value is -3.57. The number of nitrogens with zero attached hydrogens (tertiary/aromatic N) is 1. The molecule has 0 atom stereocenters. The average molecular weight is 433 g/mol. The van der Waals surface area contributed by atoms with Gasteiger partial charge >= 0.3 is 0 Å². The Morgan fingerprint density at radius 1 is 0.903 bits per heavy atom. The number of anilines is 2. The largest absolute Gasteiger partial charge is 0.494 e. The molecule has 2 amide bonds. The summed E-state index contributed by atoms with van der Waals surface area (Å²) in [6.45, 7) is 4.39. The molecule has 1 N–H and O–H groups in total. The highest BCUT2D eigenvalue weighted by molar-refractivity contribution is 6.46. The van der Waals surface area contributed by atoms with Gasteiger partial charge in [0.05, 0.1) is 17.9 Å². The van der Waals surface area contributed by atoms with Crippen molar-refractivity contribution < 1.29 is 14.3 Å². The summed E-state index contributed by atoms with van der Waals surface area (Å²) in [5.74, 6) is -0.112. The van der Waals surface area contributed by atoms with Crippen molar-refractivity contribution in [2.75, 3.05) is 16.8 Å². The van der Waals surface area contributed by atoms with Gasteiger partial charge in [0, 0.05) is 10.7 Å². The van der Waals surface area contributed by atoms with Crippen molar-refractivity contribution in [2.45, 2.75) is 13.8 Å². The molecular weight excluding hydrogens is 412 g/mol. The fourth-order valence-electron chi connectivity index (χ4n) is 3.47. The summed E-state index contributed by atoms with van der Waals surface area (Å²) < 4.78 is 5.50. The second-order valence-electron chi connectivity index (χ2n) is 7.07. The van der Waals surface area contributed by atoms with E-state index in [1.807, 2.05) is 38.1 Å². The number of rotatable bonds is 6. The second kappa shape index (κ2) is 8.66.